The number of piperidine rings is 1. The average Bonchev–Trinajstić information content (AvgIpc) is 2.93. The highest BCUT2D eigenvalue weighted by molar-refractivity contribution is 5.48. The molecule has 2 aromatic heterocycles. The lowest BCUT2D eigenvalue weighted by atomic mass is 9.77. The van der Waals surface area contributed by atoms with Gasteiger partial charge in [0.1, 0.15) is 23.8 Å². The first-order valence-corrected chi connectivity index (χ1v) is 9.25. The van der Waals surface area contributed by atoms with Gasteiger partial charge in [0, 0.05) is 35.5 Å². The summed E-state index contributed by atoms with van der Waals surface area (Å²) in [6, 6.07) is 1.82. The zero-order chi connectivity index (χ0) is 18.5. The van der Waals surface area contributed by atoms with Crippen LogP contribution in [0.3, 0.4) is 0 Å². The SMILES string of the molecule is CC(C)(C)c1nc2c(c(=O)[nH]1)CCC21CCCN(c2cc(N)ncn2)C1. The second-order valence-corrected chi connectivity index (χ2v) is 8.60. The summed E-state index contributed by atoms with van der Waals surface area (Å²) in [6.07, 6.45) is 5.36. The molecule has 4 rings (SSSR count). The van der Waals surface area contributed by atoms with Gasteiger partial charge in [0.15, 0.2) is 0 Å². The monoisotopic (exact) mass is 354 g/mol. The molecule has 0 amide bonds. The van der Waals surface area contributed by atoms with Gasteiger partial charge in [-0.3, -0.25) is 4.79 Å². The Labute approximate surface area is 153 Å². The highest BCUT2D eigenvalue weighted by atomic mass is 16.1. The maximum atomic E-state index is 12.7. The van der Waals surface area contributed by atoms with Crippen LogP contribution in [0.25, 0.3) is 0 Å². The zero-order valence-corrected chi connectivity index (χ0v) is 15.7. The summed E-state index contributed by atoms with van der Waals surface area (Å²) in [7, 11) is 0. The molecule has 1 saturated heterocycles. The molecule has 0 aromatic carbocycles. The Hall–Kier alpha value is -2.44. The van der Waals surface area contributed by atoms with Gasteiger partial charge in [-0.2, -0.15) is 0 Å². The molecule has 3 N–H and O–H groups in total. The Morgan fingerprint density at radius 2 is 2.08 bits per heavy atom. The summed E-state index contributed by atoms with van der Waals surface area (Å²) in [5.41, 5.74) is 7.46. The van der Waals surface area contributed by atoms with Crippen molar-refractivity contribution in [2.45, 2.75) is 57.3 Å². The van der Waals surface area contributed by atoms with Crippen molar-refractivity contribution in [1.82, 2.24) is 19.9 Å². The third-order valence-electron chi connectivity index (χ3n) is 5.66. The molecule has 1 aliphatic heterocycles. The van der Waals surface area contributed by atoms with Gasteiger partial charge in [0.05, 0.1) is 5.69 Å². The molecule has 0 radical (unpaired) electrons. The Kier molecular flexibility index (Phi) is 3.78. The number of anilines is 2. The van der Waals surface area contributed by atoms with E-state index in [0.29, 0.717) is 5.82 Å². The fourth-order valence-electron chi connectivity index (χ4n) is 4.27. The van der Waals surface area contributed by atoms with Gasteiger partial charge in [-0.1, -0.05) is 20.8 Å². The second kappa shape index (κ2) is 5.79. The summed E-state index contributed by atoms with van der Waals surface area (Å²) < 4.78 is 0. The van der Waals surface area contributed by atoms with Crippen LogP contribution < -0.4 is 16.2 Å². The lowest BCUT2D eigenvalue weighted by Gasteiger charge is -2.41. The van der Waals surface area contributed by atoms with Gasteiger partial charge in [-0.05, 0) is 25.7 Å². The van der Waals surface area contributed by atoms with Gasteiger partial charge in [-0.15, -0.1) is 0 Å². The topological polar surface area (TPSA) is 101 Å². The van der Waals surface area contributed by atoms with Crippen LogP contribution >= 0.6 is 0 Å². The highest BCUT2D eigenvalue weighted by Gasteiger charge is 2.45. The minimum atomic E-state index is -0.187. The molecule has 26 heavy (non-hydrogen) atoms. The molecule has 1 aliphatic carbocycles. The Morgan fingerprint density at radius 1 is 1.27 bits per heavy atom. The molecule has 1 spiro atoms. The van der Waals surface area contributed by atoms with E-state index < -0.39 is 0 Å². The number of nitrogens with one attached hydrogen (secondary N) is 1. The molecule has 1 unspecified atom stereocenters. The largest absolute Gasteiger partial charge is 0.384 e. The summed E-state index contributed by atoms with van der Waals surface area (Å²) >= 11 is 0. The smallest absolute Gasteiger partial charge is 0.254 e. The molecular weight excluding hydrogens is 328 g/mol. The zero-order valence-electron chi connectivity index (χ0n) is 15.7. The number of fused-ring (bicyclic) bond motifs is 2. The van der Waals surface area contributed by atoms with E-state index in [2.05, 4.69) is 40.6 Å². The summed E-state index contributed by atoms with van der Waals surface area (Å²) in [5, 5.41) is 0. The minimum Gasteiger partial charge on any atom is -0.384 e. The molecule has 7 nitrogen and oxygen atoms in total. The maximum Gasteiger partial charge on any atom is 0.254 e. The van der Waals surface area contributed by atoms with E-state index in [0.717, 1.165) is 61.7 Å². The fourth-order valence-corrected chi connectivity index (χ4v) is 4.27. The first-order chi connectivity index (χ1) is 12.3. The Balaban J connectivity index is 1.75. The normalized spacial score (nSPS) is 22.7. The number of aromatic nitrogens is 4. The molecular formula is C19H26N6O. The van der Waals surface area contributed by atoms with Crippen molar-refractivity contribution in [2.75, 3.05) is 23.7 Å². The molecule has 0 saturated carbocycles. The summed E-state index contributed by atoms with van der Waals surface area (Å²) in [6.45, 7) is 7.99. The first-order valence-electron chi connectivity index (χ1n) is 9.25. The van der Waals surface area contributed by atoms with E-state index in [-0.39, 0.29) is 16.4 Å². The minimum absolute atomic E-state index is 0.0280. The lowest BCUT2D eigenvalue weighted by Crippen LogP contribution is -2.46. The molecule has 7 heteroatoms. The average molecular weight is 354 g/mol. The number of H-pyrrole nitrogens is 1. The van der Waals surface area contributed by atoms with Gasteiger partial charge >= 0.3 is 0 Å². The first kappa shape index (κ1) is 17.0. The van der Waals surface area contributed by atoms with E-state index in [1.165, 1.54) is 6.33 Å². The summed E-state index contributed by atoms with van der Waals surface area (Å²) in [4.78, 5) is 31.3. The standard InChI is InChI=1S/C19H26N6O/c1-18(2,3)17-23-15-12(16(26)24-17)5-7-19(15)6-4-8-25(10-19)14-9-13(20)21-11-22-14/h9,11H,4-8,10H2,1-3H3,(H2,20,21,22)(H,23,24,26). The van der Waals surface area contributed by atoms with Crippen LogP contribution in [0.1, 0.15) is 57.1 Å². The van der Waals surface area contributed by atoms with E-state index in [4.69, 9.17) is 10.7 Å². The van der Waals surface area contributed by atoms with Crippen LogP contribution in [0.4, 0.5) is 11.6 Å². The predicted molar refractivity (Wildman–Crippen MR) is 101 cm³/mol. The van der Waals surface area contributed by atoms with Crippen molar-refractivity contribution in [3.05, 3.63) is 39.8 Å². The van der Waals surface area contributed by atoms with Crippen LogP contribution in [0, 0.1) is 0 Å². The highest BCUT2D eigenvalue weighted by Crippen LogP contribution is 2.44. The van der Waals surface area contributed by atoms with Crippen molar-refractivity contribution < 1.29 is 0 Å². The van der Waals surface area contributed by atoms with Crippen molar-refractivity contribution in [3.8, 4) is 0 Å². The molecule has 1 fully saturated rings. The van der Waals surface area contributed by atoms with Gasteiger partial charge in [-0.25, -0.2) is 15.0 Å². The Morgan fingerprint density at radius 3 is 2.81 bits per heavy atom. The van der Waals surface area contributed by atoms with Crippen molar-refractivity contribution >= 4 is 11.6 Å². The quantitative estimate of drug-likeness (QED) is 0.811. The van der Waals surface area contributed by atoms with Crippen molar-refractivity contribution in [2.24, 2.45) is 0 Å². The number of nitrogens with two attached hydrogens (primary N) is 1. The Bertz CT molecular complexity index is 900. The van der Waals surface area contributed by atoms with Crippen LogP contribution in [0.15, 0.2) is 17.2 Å². The molecule has 3 heterocycles. The molecule has 2 aromatic rings. The van der Waals surface area contributed by atoms with Crippen LogP contribution in [-0.2, 0) is 17.3 Å². The van der Waals surface area contributed by atoms with Gasteiger partial charge < -0.3 is 15.6 Å². The van der Waals surface area contributed by atoms with Crippen LogP contribution in [-0.4, -0.2) is 33.0 Å². The summed E-state index contributed by atoms with van der Waals surface area (Å²) in [5.74, 6) is 2.10. The van der Waals surface area contributed by atoms with E-state index >= 15 is 0 Å². The predicted octanol–water partition coefficient (Wildman–Crippen LogP) is 1.92. The number of rotatable bonds is 1. The maximum absolute atomic E-state index is 12.7. The molecule has 138 valence electrons. The lowest BCUT2D eigenvalue weighted by molar-refractivity contribution is 0.331. The number of hydrogen-bond acceptors (Lipinski definition) is 6. The van der Waals surface area contributed by atoms with Crippen LogP contribution in [0.5, 0.6) is 0 Å². The van der Waals surface area contributed by atoms with Crippen molar-refractivity contribution in [1.29, 1.82) is 0 Å². The third-order valence-corrected chi connectivity index (χ3v) is 5.66. The number of nitrogen functional groups attached to an aromatic ring is 1. The van der Waals surface area contributed by atoms with Crippen LogP contribution in [0.2, 0.25) is 0 Å². The van der Waals surface area contributed by atoms with E-state index in [1.807, 2.05) is 6.07 Å². The molecule has 0 bridgehead atoms. The van der Waals surface area contributed by atoms with Gasteiger partial charge in [0.25, 0.3) is 5.56 Å². The third kappa shape index (κ3) is 2.75. The molecule has 2 aliphatic rings. The molecule has 1 atom stereocenters. The number of hydrogen-bond donors (Lipinski definition) is 2. The fraction of sp³-hybridized carbons (Fsp3) is 0.579. The van der Waals surface area contributed by atoms with E-state index in [1.54, 1.807) is 0 Å². The number of aromatic amines is 1. The second-order valence-electron chi connectivity index (χ2n) is 8.60. The van der Waals surface area contributed by atoms with E-state index in [9.17, 15) is 4.79 Å². The van der Waals surface area contributed by atoms with Gasteiger partial charge in [0.2, 0.25) is 0 Å². The number of nitrogens with zero attached hydrogens (tertiary/aromatic N) is 4. The van der Waals surface area contributed by atoms with Crippen molar-refractivity contribution in [3.63, 3.8) is 0 Å².